The highest BCUT2D eigenvalue weighted by Crippen LogP contribution is 2.71. The molecule has 14 nitrogen and oxygen atoms in total. The zero-order valence-electron chi connectivity index (χ0n) is 46.6. The first-order valence-corrected chi connectivity index (χ1v) is 27.7. The second kappa shape index (κ2) is 20.0. The fourth-order valence-corrected chi connectivity index (χ4v) is 16.8. The van der Waals surface area contributed by atoms with E-state index in [0.29, 0.717) is 37.2 Å². The molecule has 2 aromatic rings. The third-order valence-corrected chi connectivity index (χ3v) is 20.3. The van der Waals surface area contributed by atoms with Crippen LogP contribution in [0.3, 0.4) is 0 Å². The van der Waals surface area contributed by atoms with Gasteiger partial charge < -0.3 is 44.9 Å². The predicted octanol–water partition coefficient (Wildman–Crippen LogP) is 9.47. The minimum Gasteiger partial charge on any atom is -0.399 e. The number of aliphatic hydroxyl groups excluding tert-OH is 1. The second-order valence-electron chi connectivity index (χ2n) is 25.0. The van der Waals surface area contributed by atoms with Crippen LogP contribution in [0.1, 0.15) is 103 Å². The molecule has 2 saturated heterocycles. The van der Waals surface area contributed by atoms with Crippen LogP contribution in [0.5, 0.6) is 0 Å². The average molecular weight is 1040 g/mol. The lowest BCUT2D eigenvalue weighted by atomic mass is 9.46. The first-order chi connectivity index (χ1) is 36.0. The van der Waals surface area contributed by atoms with Gasteiger partial charge in [0.25, 0.3) is 0 Å². The van der Waals surface area contributed by atoms with Crippen LogP contribution in [0.25, 0.3) is 0 Å². The van der Waals surface area contributed by atoms with E-state index in [1.165, 1.54) is 28.0 Å². The van der Waals surface area contributed by atoms with E-state index in [-0.39, 0.29) is 53.4 Å². The number of nitrogens with zero attached hydrogens (tertiary/aromatic N) is 5. The summed E-state index contributed by atoms with van der Waals surface area (Å²) in [5, 5.41) is 35.1. The van der Waals surface area contributed by atoms with Gasteiger partial charge in [-0.15, -0.1) is 0 Å². The molecule has 14 heteroatoms. The normalized spacial score (nSPS) is 40.9. The van der Waals surface area contributed by atoms with Crippen LogP contribution in [-0.2, 0) is 28.5 Å². The molecule has 4 N–H and O–H groups in total. The SMILES string of the molecule is CN(C)/N=C1\C[C@@]2(C)[C@@H](CC[C@@]23OCOC32COCO2)[C@@H]2CCC3=CC(=O)C=C[C@]3(C)[C@@H]12.Cc1ccc(N)cc1.Cc1ccc(N=C2C=C[C@@]3(C)C(=C2)CC[C@@H]2[C@@H]3/C(=N/N(C)C)C[C@@]3(C)[C@H]2CC[C@]3(O)C(=O)CO)cc1. The van der Waals surface area contributed by atoms with Crippen molar-refractivity contribution in [1.82, 2.24) is 10.0 Å². The zero-order valence-corrected chi connectivity index (χ0v) is 46.6. The van der Waals surface area contributed by atoms with Crippen LogP contribution in [0.4, 0.5) is 11.4 Å². The highest BCUT2D eigenvalue weighted by atomic mass is 16.9. The average Bonchev–Trinajstić information content (AvgIpc) is 4.33. The molecular weight excluding hydrogens is 957 g/mol. The van der Waals surface area contributed by atoms with E-state index in [4.69, 9.17) is 39.9 Å². The van der Waals surface area contributed by atoms with Crippen molar-refractivity contribution in [2.45, 2.75) is 123 Å². The summed E-state index contributed by atoms with van der Waals surface area (Å²) in [5.74, 6) is 0.766. The molecule has 0 bridgehead atoms. The molecule has 0 amide bonds. The van der Waals surface area contributed by atoms with Gasteiger partial charge in [-0.1, -0.05) is 86.4 Å². The fraction of sp³-hybridized carbons (Fsp3) is 0.597. The van der Waals surface area contributed by atoms with Gasteiger partial charge in [0.05, 0.1) is 11.4 Å². The summed E-state index contributed by atoms with van der Waals surface area (Å²) in [6.45, 7) is 13.5. The number of benzene rings is 2. The van der Waals surface area contributed by atoms with Gasteiger partial charge in [-0.25, -0.2) is 4.99 Å². The molecule has 0 radical (unpaired) electrons. The number of ketones is 2. The maximum atomic E-state index is 12.8. The fourth-order valence-electron chi connectivity index (χ4n) is 16.8. The van der Waals surface area contributed by atoms with Gasteiger partial charge in [-0.3, -0.25) is 9.59 Å². The molecule has 0 aromatic heterocycles. The van der Waals surface area contributed by atoms with Crippen molar-refractivity contribution in [3.8, 4) is 0 Å². The van der Waals surface area contributed by atoms with E-state index in [0.717, 1.165) is 74.2 Å². The third kappa shape index (κ3) is 8.72. The summed E-state index contributed by atoms with van der Waals surface area (Å²) in [7, 11) is 7.85. The molecule has 8 aliphatic carbocycles. The van der Waals surface area contributed by atoms with E-state index in [2.05, 4.69) is 83.2 Å². The minimum atomic E-state index is -1.50. The summed E-state index contributed by atoms with van der Waals surface area (Å²) in [5.41, 5.74) is 12.4. The highest BCUT2D eigenvalue weighted by molar-refractivity contribution is 6.07. The van der Waals surface area contributed by atoms with E-state index in [1.807, 2.05) is 75.5 Å². The van der Waals surface area contributed by atoms with Crippen LogP contribution in [0, 0.1) is 71.0 Å². The monoisotopic (exact) mass is 1040 g/mol. The number of fused-ring (bicyclic) bond motifs is 12. The van der Waals surface area contributed by atoms with Crippen LogP contribution < -0.4 is 5.73 Å². The lowest BCUT2D eigenvalue weighted by Gasteiger charge is -2.59. The van der Waals surface area contributed by atoms with Gasteiger partial charge in [0.2, 0.25) is 5.79 Å². The number of ether oxygens (including phenoxy) is 4. The van der Waals surface area contributed by atoms with E-state index < -0.39 is 34.8 Å². The molecular formula is C62H82N6O8. The Balaban J connectivity index is 0.000000151. The summed E-state index contributed by atoms with van der Waals surface area (Å²) in [6.07, 6.45) is 21.1. The number of hydrazone groups is 2. The lowest BCUT2D eigenvalue weighted by molar-refractivity contribution is -0.242. The molecule has 2 heterocycles. The smallest absolute Gasteiger partial charge is 0.226 e. The number of hydrogen-bond acceptors (Lipinski definition) is 14. The first-order valence-electron chi connectivity index (χ1n) is 27.7. The Morgan fingerprint density at radius 2 is 1.25 bits per heavy atom. The number of aryl methyl sites for hydroxylation is 2. The first kappa shape index (κ1) is 54.3. The maximum absolute atomic E-state index is 12.8. The Kier molecular flexibility index (Phi) is 14.3. The number of allylic oxidation sites excluding steroid dienone is 8. The molecule has 1 unspecified atom stereocenters. The molecule has 408 valence electrons. The van der Waals surface area contributed by atoms with Crippen LogP contribution in [0.15, 0.2) is 111 Å². The van der Waals surface area contributed by atoms with Crippen molar-refractivity contribution in [1.29, 1.82) is 0 Å². The zero-order chi connectivity index (χ0) is 54.2. The van der Waals surface area contributed by atoms with Gasteiger partial charge in [0.1, 0.15) is 24.4 Å². The molecule has 10 aliphatic rings. The van der Waals surface area contributed by atoms with Gasteiger partial charge >= 0.3 is 0 Å². The van der Waals surface area contributed by atoms with Crippen molar-refractivity contribution >= 4 is 40.1 Å². The highest BCUT2D eigenvalue weighted by Gasteiger charge is 2.77. The molecule has 76 heavy (non-hydrogen) atoms. The second-order valence-corrected chi connectivity index (χ2v) is 25.0. The summed E-state index contributed by atoms with van der Waals surface area (Å²) in [4.78, 5) is 29.9. The van der Waals surface area contributed by atoms with Gasteiger partial charge in [0.15, 0.2) is 25.2 Å². The third-order valence-electron chi connectivity index (χ3n) is 20.3. The quantitative estimate of drug-likeness (QED) is 0.192. The van der Waals surface area contributed by atoms with Gasteiger partial charge in [0, 0.05) is 78.8 Å². The van der Waals surface area contributed by atoms with Gasteiger partial charge in [-0.2, -0.15) is 10.2 Å². The Morgan fingerprint density at radius 3 is 1.82 bits per heavy atom. The standard InChI is InChI=1S/C30H39N3O3.C25H34N2O5.C7H9N/c1-19-6-9-21(10-7-19)31-22-12-14-28(2)20(16-22)8-11-23-24-13-15-30(36,26(35)18-34)29(24,3)17-25(27(23)28)32-33(4)5;1-22-9-7-17(28)11-16(22)5-6-18-19-8-10-24(25(32-15-30-24)13-29-14-31-25)23(19,2)12-20(21(18)22)26-27(3)4;1-6-2-4-7(8)5-3-6/h6-7,9-10,12,14,16,23-24,27,34,36H,8,11,13,15,17-18H2,1-5H3;7,9,11,18-19,21H,5-6,8,10,12-15H2,1-4H3;2-5H,8H2,1H3/b31-22?,32-25+;26-20+;/t23-,24-,27+,28-,29-,30-;18-,19-,21+,22-,23-,24+,25?;/m00./s1. The number of rotatable bonds is 5. The minimum absolute atomic E-state index is 0.110. The maximum Gasteiger partial charge on any atom is 0.226 e. The van der Waals surface area contributed by atoms with Crippen LogP contribution in [-0.4, -0.2) is 121 Å². The molecule has 12 rings (SSSR count). The van der Waals surface area contributed by atoms with E-state index >= 15 is 0 Å². The molecule has 13 atom stereocenters. The number of anilines is 1. The Morgan fingerprint density at radius 1 is 0.711 bits per heavy atom. The van der Waals surface area contributed by atoms with Crippen molar-refractivity contribution in [3.05, 3.63) is 107 Å². The van der Waals surface area contributed by atoms with Crippen molar-refractivity contribution in [2.24, 2.45) is 72.4 Å². The Labute approximate surface area is 450 Å². The van der Waals surface area contributed by atoms with Crippen molar-refractivity contribution in [2.75, 3.05) is 60.7 Å². The number of nitrogen functional groups attached to an aromatic ring is 1. The molecule has 2 aromatic carbocycles. The number of carbonyl (C=O) groups is 2. The predicted molar refractivity (Wildman–Crippen MR) is 297 cm³/mol. The molecule has 2 aliphatic heterocycles. The number of hydrogen-bond donors (Lipinski definition) is 3. The van der Waals surface area contributed by atoms with E-state index in [9.17, 15) is 19.8 Å². The van der Waals surface area contributed by atoms with Gasteiger partial charge in [-0.05, 0) is 150 Å². The molecule has 8 fully saturated rings. The summed E-state index contributed by atoms with van der Waals surface area (Å²) >= 11 is 0. The largest absolute Gasteiger partial charge is 0.399 e. The summed E-state index contributed by atoms with van der Waals surface area (Å²) in [6, 6.07) is 16.1. The number of nitrogens with two attached hydrogens (primary N) is 1. The number of Topliss-reactive ketones (excluding diaryl/α,β-unsaturated/α-hetero) is 1. The molecule has 2 spiro atoms. The molecule has 6 saturated carbocycles. The summed E-state index contributed by atoms with van der Waals surface area (Å²) < 4.78 is 24.5. The Bertz CT molecular complexity index is 2780. The van der Waals surface area contributed by atoms with Crippen molar-refractivity contribution in [3.63, 3.8) is 0 Å². The number of aliphatic hydroxyl groups is 2. The van der Waals surface area contributed by atoms with Crippen LogP contribution in [0.2, 0.25) is 0 Å². The van der Waals surface area contributed by atoms with Crippen molar-refractivity contribution < 1.29 is 38.7 Å². The lowest BCUT2D eigenvalue weighted by Crippen LogP contribution is -2.65. The van der Waals surface area contributed by atoms with E-state index in [1.54, 1.807) is 6.08 Å². The topological polar surface area (TPSA) is 181 Å². The Hall–Kier alpha value is -5.09. The van der Waals surface area contributed by atoms with Crippen LogP contribution >= 0.6 is 0 Å². The number of aliphatic imine (C=N–C) groups is 1. The number of carbonyl (C=O) groups excluding carboxylic acids is 2.